The molecule has 0 radical (unpaired) electrons. The van der Waals surface area contributed by atoms with Crippen LogP contribution in [0.15, 0.2) is 29.2 Å². The predicted molar refractivity (Wildman–Crippen MR) is 104 cm³/mol. The van der Waals surface area contributed by atoms with E-state index < -0.39 is 10.0 Å². The first kappa shape index (κ1) is 20.1. The van der Waals surface area contributed by atoms with Gasteiger partial charge in [-0.05, 0) is 69.6 Å². The van der Waals surface area contributed by atoms with Gasteiger partial charge in [0.05, 0.1) is 4.90 Å². The minimum absolute atomic E-state index is 0.0751. The maximum absolute atomic E-state index is 12.6. The largest absolute Gasteiger partial charge is 0.396 e. The number of nitrogens with one attached hydrogen (secondary N) is 2. The highest BCUT2D eigenvalue weighted by molar-refractivity contribution is 7.89. The maximum Gasteiger partial charge on any atom is 0.243 e. The molecule has 1 aromatic rings. The fourth-order valence-electron chi connectivity index (χ4n) is 2.78. The van der Waals surface area contributed by atoms with E-state index in [0.29, 0.717) is 29.5 Å². The Labute approximate surface area is 155 Å². The normalized spacial score (nSPS) is 16.4. The molecule has 1 saturated heterocycles. The van der Waals surface area contributed by atoms with Crippen LogP contribution in [0.2, 0.25) is 0 Å². The summed E-state index contributed by atoms with van der Waals surface area (Å²) in [5.74, 6) is 0. The van der Waals surface area contributed by atoms with Crippen molar-refractivity contribution in [3.63, 3.8) is 0 Å². The first-order chi connectivity index (χ1) is 11.7. The second-order valence-corrected chi connectivity index (χ2v) is 9.27. The highest BCUT2D eigenvalue weighted by Crippen LogP contribution is 2.22. The molecule has 0 aliphatic carbocycles. The molecule has 0 unspecified atom stereocenters. The predicted octanol–water partition coefficient (Wildman–Crippen LogP) is 2.31. The van der Waals surface area contributed by atoms with Crippen LogP contribution >= 0.6 is 12.2 Å². The van der Waals surface area contributed by atoms with Gasteiger partial charge in [0.1, 0.15) is 0 Å². The van der Waals surface area contributed by atoms with E-state index >= 15 is 0 Å². The lowest BCUT2D eigenvalue weighted by molar-refractivity contribution is 0.245. The first-order valence-corrected chi connectivity index (χ1v) is 10.4. The Kier molecular flexibility index (Phi) is 6.79. The third kappa shape index (κ3) is 5.64. The summed E-state index contributed by atoms with van der Waals surface area (Å²) in [6, 6.07) is 6.63. The van der Waals surface area contributed by atoms with Crippen LogP contribution in [-0.4, -0.2) is 48.2 Å². The number of hydrogen-bond acceptors (Lipinski definition) is 4. The number of piperidine rings is 1. The van der Waals surface area contributed by atoms with E-state index in [0.717, 1.165) is 24.9 Å². The SMILES string of the molecule is CC(C)(CCO)NC(=S)Nc1ccc(S(=O)(=O)N2CCCCC2)cc1. The van der Waals surface area contributed by atoms with E-state index in [1.165, 1.54) is 0 Å². The zero-order valence-electron chi connectivity index (χ0n) is 14.8. The number of aliphatic hydroxyl groups is 1. The van der Waals surface area contributed by atoms with Crippen LogP contribution in [-0.2, 0) is 10.0 Å². The van der Waals surface area contributed by atoms with Crippen molar-refractivity contribution in [3.8, 4) is 0 Å². The number of thiocarbonyl (C=S) groups is 1. The molecule has 0 aromatic heterocycles. The summed E-state index contributed by atoms with van der Waals surface area (Å²) in [5.41, 5.74) is 0.394. The van der Waals surface area contributed by atoms with Crippen molar-refractivity contribution < 1.29 is 13.5 Å². The molecule has 0 bridgehead atoms. The second-order valence-electron chi connectivity index (χ2n) is 6.93. The monoisotopic (exact) mass is 385 g/mol. The highest BCUT2D eigenvalue weighted by Gasteiger charge is 2.25. The van der Waals surface area contributed by atoms with Crippen LogP contribution in [0.4, 0.5) is 5.69 Å². The molecule has 2 rings (SSSR count). The molecule has 1 aliphatic heterocycles. The molecule has 8 heteroatoms. The Hall–Kier alpha value is -1.22. The quantitative estimate of drug-likeness (QED) is 0.652. The average Bonchev–Trinajstić information content (AvgIpc) is 2.55. The molecule has 1 heterocycles. The van der Waals surface area contributed by atoms with Crippen LogP contribution < -0.4 is 10.6 Å². The van der Waals surface area contributed by atoms with Crippen molar-refractivity contribution in [2.45, 2.75) is 50.0 Å². The van der Waals surface area contributed by atoms with Crippen molar-refractivity contribution in [1.29, 1.82) is 0 Å². The van der Waals surface area contributed by atoms with Crippen molar-refractivity contribution in [2.75, 3.05) is 25.0 Å². The summed E-state index contributed by atoms with van der Waals surface area (Å²) >= 11 is 5.28. The number of nitrogens with zero attached hydrogens (tertiary/aromatic N) is 1. The van der Waals surface area contributed by atoms with E-state index in [1.807, 2.05) is 13.8 Å². The van der Waals surface area contributed by atoms with Gasteiger partial charge in [-0.3, -0.25) is 0 Å². The molecule has 1 fully saturated rings. The lowest BCUT2D eigenvalue weighted by atomic mass is 10.0. The summed E-state index contributed by atoms with van der Waals surface area (Å²) < 4.78 is 26.8. The molecule has 1 aliphatic rings. The molecular weight excluding hydrogens is 358 g/mol. The van der Waals surface area contributed by atoms with Gasteiger partial charge < -0.3 is 15.7 Å². The van der Waals surface area contributed by atoms with Gasteiger partial charge in [-0.25, -0.2) is 8.42 Å². The van der Waals surface area contributed by atoms with Crippen LogP contribution in [0.3, 0.4) is 0 Å². The molecule has 0 amide bonds. The number of rotatable bonds is 6. The third-order valence-corrected chi connectivity index (χ3v) is 6.37. The lowest BCUT2D eigenvalue weighted by Gasteiger charge is -2.27. The minimum Gasteiger partial charge on any atom is -0.396 e. The Morgan fingerprint density at radius 3 is 2.36 bits per heavy atom. The fourth-order valence-corrected chi connectivity index (χ4v) is 4.69. The van der Waals surface area contributed by atoms with Gasteiger partial charge in [-0.2, -0.15) is 4.31 Å². The number of anilines is 1. The second kappa shape index (κ2) is 8.44. The fraction of sp³-hybridized carbons (Fsp3) is 0.588. The Morgan fingerprint density at radius 1 is 1.20 bits per heavy atom. The van der Waals surface area contributed by atoms with Crippen molar-refractivity contribution in [1.82, 2.24) is 9.62 Å². The van der Waals surface area contributed by atoms with Crippen molar-refractivity contribution in [2.24, 2.45) is 0 Å². The summed E-state index contributed by atoms with van der Waals surface area (Å²) in [6.07, 6.45) is 3.50. The highest BCUT2D eigenvalue weighted by atomic mass is 32.2. The van der Waals surface area contributed by atoms with Gasteiger partial charge in [-0.1, -0.05) is 6.42 Å². The third-order valence-electron chi connectivity index (χ3n) is 4.25. The van der Waals surface area contributed by atoms with Gasteiger partial charge in [0.15, 0.2) is 5.11 Å². The van der Waals surface area contributed by atoms with Crippen molar-refractivity contribution >= 4 is 33.0 Å². The maximum atomic E-state index is 12.6. The lowest BCUT2D eigenvalue weighted by Crippen LogP contribution is -2.45. The number of benzene rings is 1. The molecule has 3 N–H and O–H groups in total. The van der Waals surface area contributed by atoms with E-state index in [-0.39, 0.29) is 12.1 Å². The van der Waals surface area contributed by atoms with E-state index in [1.54, 1.807) is 28.6 Å². The van der Waals surface area contributed by atoms with Crippen LogP contribution in [0.5, 0.6) is 0 Å². The zero-order chi connectivity index (χ0) is 18.5. The van der Waals surface area contributed by atoms with E-state index in [2.05, 4.69) is 10.6 Å². The standard InChI is InChI=1S/C17H27N3O3S2/c1-17(2,10-13-21)19-16(24)18-14-6-8-15(9-7-14)25(22,23)20-11-4-3-5-12-20/h6-9,21H,3-5,10-13H2,1-2H3,(H2,18,19,24). The van der Waals surface area contributed by atoms with Gasteiger partial charge in [0, 0.05) is 30.9 Å². The minimum atomic E-state index is -3.41. The Bertz CT molecular complexity index is 682. The van der Waals surface area contributed by atoms with E-state index in [9.17, 15) is 8.42 Å². The molecule has 140 valence electrons. The number of aliphatic hydroxyl groups excluding tert-OH is 1. The summed E-state index contributed by atoms with van der Waals surface area (Å²) in [6.45, 7) is 5.16. The first-order valence-electron chi connectivity index (χ1n) is 8.55. The van der Waals surface area contributed by atoms with Gasteiger partial charge >= 0.3 is 0 Å². The van der Waals surface area contributed by atoms with Gasteiger partial charge in [-0.15, -0.1) is 0 Å². The molecule has 1 aromatic carbocycles. The summed E-state index contributed by atoms with van der Waals surface area (Å²) in [5, 5.41) is 15.7. The molecule has 0 spiro atoms. The molecular formula is C17H27N3O3S2. The van der Waals surface area contributed by atoms with Crippen LogP contribution in [0.1, 0.15) is 39.5 Å². The average molecular weight is 386 g/mol. The molecule has 0 saturated carbocycles. The number of sulfonamides is 1. The van der Waals surface area contributed by atoms with Crippen LogP contribution in [0, 0.1) is 0 Å². The van der Waals surface area contributed by atoms with E-state index in [4.69, 9.17) is 17.3 Å². The molecule has 25 heavy (non-hydrogen) atoms. The number of hydrogen-bond donors (Lipinski definition) is 3. The van der Waals surface area contributed by atoms with Gasteiger partial charge in [0.2, 0.25) is 10.0 Å². The Morgan fingerprint density at radius 2 is 1.80 bits per heavy atom. The van der Waals surface area contributed by atoms with Gasteiger partial charge in [0.25, 0.3) is 0 Å². The smallest absolute Gasteiger partial charge is 0.243 e. The summed E-state index contributed by atoms with van der Waals surface area (Å²) in [4.78, 5) is 0.305. The Balaban J connectivity index is 2.01. The molecule has 6 nitrogen and oxygen atoms in total. The van der Waals surface area contributed by atoms with Crippen molar-refractivity contribution in [3.05, 3.63) is 24.3 Å². The summed E-state index contributed by atoms with van der Waals surface area (Å²) in [7, 11) is -3.41. The zero-order valence-corrected chi connectivity index (χ0v) is 16.4. The molecule has 0 atom stereocenters. The van der Waals surface area contributed by atoms with Crippen LogP contribution in [0.25, 0.3) is 0 Å². The topological polar surface area (TPSA) is 81.7 Å².